The van der Waals surface area contributed by atoms with Gasteiger partial charge in [-0.1, -0.05) is 26.0 Å². The summed E-state index contributed by atoms with van der Waals surface area (Å²) in [5.74, 6) is -4.15. The van der Waals surface area contributed by atoms with Crippen molar-refractivity contribution in [1.29, 1.82) is 5.26 Å². The molecule has 0 bridgehead atoms. The number of nitrogens with one attached hydrogen (secondary N) is 2. The van der Waals surface area contributed by atoms with E-state index in [0.29, 0.717) is 11.6 Å². The number of thiocarbonyl (C=S) groups is 1. The van der Waals surface area contributed by atoms with Gasteiger partial charge in [-0.25, -0.2) is 14.3 Å². The van der Waals surface area contributed by atoms with Crippen LogP contribution in [0, 0.1) is 17.1 Å². The summed E-state index contributed by atoms with van der Waals surface area (Å²) in [6.07, 6.45) is -6.36. The van der Waals surface area contributed by atoms with Gasteiger partial charge in [0.1, 0.15) is 36.1 Å². The summed E-state index contributed by atoms with van der Waals surface area (Å²) in [6, 6.07) is 11.8. The molecule has 1 aliphatic rings. The van der Waals surface area contributed by atoms with Gasteiger partial charge >= 0.3 is 25.8 Å². The average Bonchev–Trinajstić information content (AvgIpc) is 3.35. The molecule has 3 aromatic carbocycles. The Kier molecular flexibility index (Phi) is 13.0. The number of nitrogens with zero attached hydrogens (tertiary/aromatic N) is 3. The molecule has 3 aromatic rings. The first-order valence-corrected chi connectivity index (χ1v) is 18.5. The molecule has 55 heavy (non-hydrogen) atoms. The van der Waals surface area contributed by atoms with E-state index in [1.54, 1.807) is 13.8 Å². The van der Waals surface area contributed by atoms with Crippen LogP contribution < -0.4 is 24.7 Å². The van der Waals surface area contributed by atoms with E-state index in [0.717, 1.165) is 29.2 Å². The largest absolute Gasteiger partial charge is 0.480 e. The smallest absolute Gasteiger partial charge is 0.417 e. The van der Waals surface area contributed by atoms with E-state index in [1.165, 1.54) is 55.3 Å². The monoisotopic (exact) mass is 807 g/mol. The maximum atomic E-state index is 15.5. The minimum atomic E-state index is -4.91. The number of amides is 3. The van der Waals surface area contributed by atoms with Gasteiger partial charge in [0.25, 0.3) is 11.8 Å². The Morgan fingerprint density at radius 3 is 2.24 bits per heavy atom. The summed E-state index contributed by atoms with van der Waals surface area (Å²) in [7, 11) is -2.52. The SMILES string of the molecule is CCC1(CC)C(=O)N(c2ccc(C#N)c(C(F)(F)F)c2)C(=S)N1c1ccc(C(=O)NC(=O)OCc2ccc(OP(=O)(COC)NC(C)C(=O)O)cc2)c(F)c1. The highest BCUT2D eigenvalue weighted by Gasteiger charge is 2.54. The van der Waals surface area contributed by atoms with Crippen molar-refractivity contribution >= 4 is 60.1 Å². The number of carbonyl (C=O) groups is 4. The molecule has 0 radical (unpaired) electrons. The van der Waals surface area contributed by atoms with Gasteiger partial charge in [-0.15, -0.1) is 0 Å². The Bertz CT molecular complexity index is 2090. The summed E-state index contributed by atoms with van der Waals surface area (Å²) in [5, 5.41) is 22.3. The first kappa shape index (κ1) is 42.3. The number of halogens is 4. The molecule has 1 heterocycles. The zero-order valence-electron chi connectivity index (χ0n) is 29.6. The average molecular weight is 808 g/mol. The zero-order valence-corrected chi connectivity index (χ0v) is 31.3. The van der Waals surface area contributed by atoms with Crippen molar-refractivity contribution in [3.8, 4) is 11.8 Å². The highest BCUT2D eigenvalue weighted by Crippen LogP contribution is 2.44. The summed E-state index contributed by atoms with van der Waals surface area (Å²) in [4.78, 5) is 52.6. The Morgan fingerprint density at radius 1 is 1.05 bits per heavy atom. The van der Waals surface area contributed by atoms with Crippen LogP contribution in [0.4, 0.5) is 33.7 Å². The van der Waals surface area contributed by atoms with Crippen LogP contribution in [-0.2, 0) is 36.4 Å². The first-order valence-electron chi connectivity index (χ1n) is 16.3. The summed E-state index contributed by atoms with van der Waals surface area (Å²) >= 11 is 5.58. The highest BCUT2D eigenvalue weighted by atomic mass is 32.1. The number of anilines is 2. The van der Waals surface area contributed by atoms with Crippen LogP contribution in [0.25, 0.3) is 0 Å². The Morgan fingerprint density at radius 2 is 1.69 bits per heavy atom. The van der Waals surface area contributed by atoms with Crippen LogP contribution in [0.2, 0.25) is 0 Å². The lowest BCUT2D eigenvalue weighted by Gasteiger charge is -2.34. The normalized spacial score (nSPS) is 15.5. The molecule has 1 saturated heterocycles. The molecule has 292 valence electrons. The zero-order chi connectivity index (χ0) is 40.9. The maximum Gasteiger partial charge on any atom is 0.417 e. The number of nitriles is 1. The van der Waals surface area contributed by atoms with Crippen molar-refractivity contribution in [2.24, 2.45) is 0 Å². The minimum absolute atomic E-state index is 0.00375. The predicted molar refractivity (Wildman–Crippen MR) is 193 cm³/mol. The number of methoxy groups -OCH3 is 1. The van der Waals surface area contributed by atoms with Gasteiger partial charge < -0.3 is 24.0 Å². The fourth-order valence-electron chi connectivity index (χ4n) is 5.73. The van der Waals surface area contributed by atoms with Crippen LogP contribution in [0.3, 0.4) is 0 Å². The molecule has 1 fully saturated rings. The molecule has 0 aromatic heterocycles. The van der Waals surface area contributed by atoms with Crippen LogP contribution in [-0.4, -0.2) is 59.1 Å². The van der Waals surface area contributed by atoms with E-state index in [1.807, 2.05) is 5.32 Å². The van der Waals surface area contributed by atoms with Gasteiger partial charge in [-0.2, -0.15) is 18.4 Å². The fraction of sp³-hybridized carbons (Fsp3) is 0.314. The molecular formula is C35H34F4N5O9PS. The molecule has 0 spiro atoms. The number of ether oxygens (including phenoxy) is 2. The number of benzene rings is 3. The van der Waals surface area contributed by atoms with E-state index in [4.69, 9.17) is 31.3 Å². The lowest BCUT2D eigenvalue weighted by Crippen LogP contribution is -2.49. The summed E-state index contributed by atoms with van der Waals surface area (Å²) in [5.41, 5.74) is -3.80. The minimum Gasteiger partial charge on any atom is -0.480 e. The lowest BCUT2D eigenvalue weighted by molar-refractivity contribution is -0.139. The van der Waals surface area contributed by atoms with Crippen LogP contribution in [0.15, 0.2) is 60.7 Å². The quantitative estimate of drug-likeness (QED) is 0.0886. The number of alkyl halides is 3. The Balaban J connectivity index is 1.46. The Hall–Kier alpha value is -5.41. The van der Waals surface area contributed by atoms with E-state index < -0.39 is 78.0 Å². The molecule has 1 aliphatic heterocycles. The van der Waals surface area contributed by atoms with E-state index >= 15 is 4.39 Å². The molecule has 0 aliphatic carbocycles. The molecule has 2 atom stereocenters. The molecule has 4 rings (SSSR count). The third-order valence-corrected chi connectivity index (χ3v) is 10.8. The van der Waals surface area contributed by atoms with Gasteiger partial charge in [-0.3, -0.25) is 29.2 Å². The second kappa shape index (κ2) is 16.9. The van der Waals surface area contributed by atoms with Gasteiger partial charge in [-0.05, 0) is 86.1 Å². The van der Waals surface area contributed by atoms with Gasteiger partial charge in [0.15, 0.2) is 5.11 Å². The third kappa shape index (κ3) is 9.11. The number of carbonyl (C=O) groups excluding carboxylic acids is 3. The third-order valence-electron chi connectivity index (χ3n) is 8.55. The molecule has 3 N–H and O–H groups in total. The second-order valence-electron chi connectivity index (χ2n) is 12.0. The summed E-state index contributed by atoms with van der Waals surface area (Å²) < 4.78 is 85.3. The van der Waals surface area contributed by atoms with Gasteiger partial charge in [0.05, 0.1) is 28.4 Å². The van der Waals surface area contributed by atoms with Crippen LogP contribution >= 0.6 is 19.7 Å². The Labute approximate surface area is 317 Å². The number of hydrogen-bond acceptors (Lipinski definition) is 10. The first-order chi connectivity index (χ1) is 25.8. The number of imide groups is 1. The van der Waals surface area contributed by atoms with Crippen LogP contribution in [0.1, 0.15) is 60.7 Å². The van der Waals surface area contributed by atoms with Crippen molar-refractivity contribution in [1.82, 2.24) is 10.4 Å². The number of carboxylic acid groups (broad SMARTS) is 1. The molecule has 3 amide bonds. The van der Waals surface area contributed by atoms with Gasteiger partial charge in [0.2, 0.25) is 0 Å². The molecule has 2 unspecified atom stereocenters. The van der Waals surface area contributed by atoms with Gasteiger partial charge in [0, 0.05) is 12.8 Å². The van der Waals surface area contributed by atoms with Crippen molar-refractivity contribution in [3.05, 3.63) is 88.7 Å². The molecule has 14 nitrogen and oxygen atoms in total. The predicted octanol–water partition coefficient (Wildman–Crippen LogP) is 6.72. The molecule has 20 heteroatoms. The number of aliphatic carboxylic acids is 1. The van der Waals surface area contributed by atoms with Crippen molar-refractivity contribution < 1.29 is 60.4 Å². The van der Waals surface area contributed by atoms with Crippen molar-refractivity contribution in [2.75, 3.05) is 23.3 Å². The maximum absolute atomic E-state index is 15.5. The number of carboxylic acids is 1. The van der Waals surface area contributed by atoms with Crippen molar-refractivity contribution in [2.45, 2.75) is 58.0 Å². The van der Waals surface area contributed by atoms with Crippen molar-refractivity contribution in [3.63, 3.8) is 0 Å². The topological polar surface area (TPSA) is 188 Å². The number of rotatable bonds is 14. The molecule has 0 saturated carbocycles. The summed E-state index contributed by atoms with van der Waals surface area (Å²) in [6.45, 7) is 4.22. The van der Waals surface area contributed by atoms with Crippen LogP contribution in [0.5, 0.6) is 5.75 Å². The second-order valence-corrected chi connectivity index (χ2v) is 14.5. The molecular weight excluding hydrogens is 773 g/mol. The fourth-order valence-corrected chi connectivity index (χ4v) is 7.88. The standard InChI is InChI=1S/C35H34F4N5O9PS/c1-5-34(6-2)31(48)43(23-10-9-22(17-40)27(15-23)35(37,38)39)33(55)44(34)24-11-14-26(28(36)16-24)29(45)41-32(49)52-18-21-7-12-25(13-8-21)53-54(50,19-51-4)42-20(3)30(46)47/h7-16,20H,5-6,18-19H2,1-4H3,(H,42,50)(H,46,47)(H,41,45,49). The number of hydrogen-bond donors (Lipinski definition) is 3. The van der Waals surface area contributed by atoms with E-state index in [9.17, 15) is 42.2 Å². The lowest BCUT2D eigenvalue weighted by atomic mass is 9.90. The van der Waals surface area contributed by atoms with E-state index in [2.05, 4.69) is 5.09 Å². The van der Waals surface area contributed by atoms with E-state index in [-0.39, 0.29) is 41.7 Å². The number of alkyl carbamates (subject to hydrolysis) is 1. The highest BCUT2D eigenvalue weighted by molar-refractivity contribution is 7.81.